The lowest BCUT2D eigenvalue weighted by atomic mass is 10.0. The van der Waals surface area contributed by atoms with Crippen LogP contribution in [0.1, 0.15) is 24.1 Å². The normalized spacial score (nSPS) is 15.6. The quantitative estimate of drug-likeness (QED) is 0.641. The Balaban J connectivity index is 1.62. The van der Waals surface area contributed by atoms with Crippen LogP contribution < -0.4 is 16.4 Å². The largest absolute Gasteiger partial charge is 0.398 e. The Morgan fingerprint density at radius 3 is 2.70 bits per heavy atom. The molecule has 1 aromatic heterocycles. The molecule has 0 radical (unpaired) electrons. The van der Waals surface area contributed by atoms with Gasteiger partial charge in [-0.2, -0.15) is 0 Å². The Hall–Kier alpha value is -2.43. The van der Waals surface area contributed by atoms with Gasteiger partial charge in [0.1, 0.15) is 0 Å². The van der Waals surface area contributed by atoms with Crippen molar-refractivity contribution in [3.63, 3.8) is 0 Å². The van der Waals surface area contributed by atoms with E-state index in [9.17, 15) is 4.79 Å². The lowest BCUT2D eigenvalue weighted by Crippen LogP contribution is -2.42. The predicted octanol–water partition coefficient (Wildman–Crippen LogP) is 2.09. The average Bonchev–Trinajstić information content (AvgIpc) is 3.02. The van der Waals surface area contributed by atoms with Crippen molar-refractivity contribution in [1.82, 2.24) is 15.6 Å². The molecule has 0 aliphatic heterocycles. The van der Waals surface area contributed by atoms with Crippen LogP contribution >= 0.6 is 0 Å². The molecule has 2 aromatic rings. The van der Waals surface area contributed by atoms with Gasteiger partial charge in [0.2, 0.25) is 0 Å². The third kappa shape index (κ3) is 2.47. The first kappa shape index (κ1) is 12.6. The number of amides is 2. The summed E-state index contributed by atoms with van der Waals surface area (Å²) in [5.74, 6) is 0. The summed E-state index contributed by atoms with van der Waals surface area (Å²) in [5.41, 5.74) is 8.43. The molecule has 2 amide bonds. The third-order valence-electron chi connectivity index (χ3n) is 3.68. The Morgan fingerprint density at radius 1 is 1.25 bits per heavy atom. The topological polar surface area (TPSA) is 82.9 Å². The van der Waals surface area contributed by atoms with Crippen molar-refractivity contribution < 1.29 is 4.79 Å². The van der Waals surface area contributed by atoms with Crippen molar-refractivity contribution in [2.75, 3.05) is 5.73 Å². The van der Waals surface area contributed by atoms with Crippen molar-refractivity contribution >= 4 is 11.7 Å². The molecular formula is C15H18N4O. The molecule has 0 spiro atoms. The fourth-order valence-corrected chi connectivity index (χ4v) is 2.43. The van der Waals surface area contributed by atoms with Crippen LogP contribution in [0.15, 0.2) is 42.6 Å². The van der Waals surface area contributed by atoms with Crippen LogP contribution in [-0.4, -0.2) is 11.0 Å². The fourth-order valence-electron chi connectivity index (χ4n) is 2.43. The van der Waals surface area contributed by atoms with Crippen LogP contribution in [0.2, 0.25) is 0 Å². The van der Waals surface area contributed by atoms with E-state index in [2.05, 4.69) is 15.6 Å². The highest BCUT2D eigenvalue weighted by Gasteiger charge is 2.46. The van der Waals surface area contributed by atoms with Gasteiger partial charge in [-0.3, -0.25) is 0 Å². The van der Waals surface area contributed by atoms with E-state index in [0.29, 0.717) is 6.54 Å². The number of para-hydroxylation sites is 1. The van der Waals surface area contributed by atoms with Gasteiger partial charge in [-0.1, -0.05) is 18.2 Å². The van der Waals surface area contributed by atoms with E-state index in [-0.39, 0.29) is 11.6 Å². The zero-order valence-electron chi connectivity index (χ0n) is 11.1. The highest BCUT2D eigenvalue weighted by atomic mass is 16.2. The summed E-state index contributed by atoms with van der Waals surface area (Å²) < 4.78 is 0. The standard InChI is InChI=1S/C15H18N4O/c16-13-6-2-1-5-12(13)15(7-8-15)19-14(20)18-10-11-4-3-9-17-11/h1-6,9,17H,7-8,10,16H2,(H2,18,19,20). The van der Waals surface area contributed by atoms with E-state index < -0.39 is 0 Å². The molecular weight excluding hydrogens is 252 g/mol. The molecule has 104 valence electrons. The molecule has 1 aliphatic carbocycles. The number of aromatic amines is 1. The number of nitrogen functional groups attached to an aromatic ring is 1. The number of benzene rings is 1. The SMILES string of the molecule is Nc1ccccc1C1(NC(=O)NCc2ccc[nH]2)CC1. The van der Waals surface area contributed by atoms with Gasteiger partial charge in [-0.05, 0) is 31.0 Å². The maximum absolute atomic E-state index is 12.0. The highest BCUT2D eigenvalue weighted by molar-refractivity contribution is 5.76. The molecule has 1 saturated carbocycles. The molecule has 5 N–H and O–H groups in total. The van der Waals surface area contributed by atoms with E-state index in [1.54, 1.807) is 0 Å². The first-order valence-electron chi connectivity index (χ1n) is 6.73. The molecule has 5 heteroatoms. The number of H-pyrrole nitrogens is 1. The van der Waals surface area contributed by atoms with Gasteiger partial charge >= 0.3 is 6.03 Å². The number of aromatic nitrogens is 1. The van der Waals surface area contributed by atoms with Crippen molar-refractivity contribution in [3.05, 3.63) is 53.9 Å². The number of carbonyl (C=O) groups is 1. The van der Waals surface area contributed by atoms with E-state index in [1.165, 1.54) is 0 Å². The van der Waals surface area contributed by atoms with Gasteiger partial charge < -0.3 is 21.4 Å². The Morgan fingerprint density at radius 2 is 2.05 bits per heavy atom. The molecule has 1 aromatic carbocycles. The van der Waals surface area contributed by atoms with Gasteiger partial charge in [-0.25, -0.2) is 4.79 Å². The Labute approximate surface area is 117 Å². The first-order chi connectivity index (χ1) is 9.70. The smallest absolute Gasteiger partial charge is 0.315 e. The number of hydrogen-bond acceptors (Lipinski definition) is 2. The zero-order valence-corrected chi connectivity index (χ0v) is 11.1. The lowest BCUT2D eigenvalue weighted by Gasteiger charge is -2.20. The van der Waals surface area contributed by atoms with Gasteiger partial charge in [0, 0.05) is 23.1 Å². The monoisotopic (exact) mass is 270 g/mol. The molecule has 0 unspecified atom stereocenters. The van der Waals surface area contributed by atoms with Crippen LogP contribution in [0.25, 0.3) is 0 Å². The fraction of sp³-hybridized carbons (Fsp3) is 0.267. The third-order valence-corrected chi connectivity index (χ3v) is 3.68. The minimum atomic E-state index is -0.287. The van der Waals surface area contributed by atoms with Crippen molar-refractivity contribution in [1.29, 1.82) is 0 Å². The van der Waals surface area contributed by atoms with Crippen molar-refractivity contribution in [2.24, 2.45) is 0 Å². The molecule has 1 heterocycles. The number of hydrogen-bond donors (Lipinski definition) is 4. The summed E-state index contributed by atoms with van der Waals surface area (Å²) in [6.45, 7) is 0.485. The Kier molecular flexibility index (Phi) is 3.10. The number of rotatable bonds is 4. The van der Waals surface area contributed by atoms with Crippen LogP contribution in [0.5, 0.6) is 0 Å². The van der Waals surface area contributed by atoms with Crippen LogP contribution in [0.4, 0.5) is 10.5 Å². The van der Waals surface area contributed by atoms with E-state index >= 15 is 0 Å². The summed E-state index contributed by atoms with van der Waals surface area (Å²) in [6.07, 6.45) is 3.69. The van der Waals surface area contributed by atoms with E-state index in [4.69, 9.17) is 5.73 Å². The lowest BCUT2D eigenvalue weighted by molar-refractivity contribution is 0.235. The second kappa shape index (κ2) is 4.92. The maximum Gasteiger partial charge on any atom is 0.315 e. The Bertz CT molecular complexity index is 602. The second-order valence-electron chi connectivity index (χ2n) is 5.17. The molecule has 0 bridgehead atoms. The number of nitrogens with one attached hydrogen (secondary N) is 3. The van der Waals surface area contributed by atoms with Crippen LogP contribution in [0, 0.1) is 0 Å². The molecule has 1 fully saturated rings. The van der Waals surface area contributed by atoms with Crippen LogP contribution in [0.3, 0.4) is 0 Å². The maximum atomic E-state index is 12.0. The summed E-state index contributed by atoms with van der Waals surface area (Å²) in [6, 6.07) is 11.4. The second-order valence-corrected chi connectivity index (χ2v) is 5.17. The summed E-state index contributed by atoms with van der Waals surface area (Å²) in [7, 11) is 0. The van der Waals surface area contributed by atoms with E-state index in [1.807, 2.05) is 42.6 Å². The number of nitrogens with two attached hydrogens (primary N) is 1. The molecule has 3 rings (SSSR count). The van der Waals surface area contributed by atoms with E-state index in [0.717, 1.165) is 29.8 Å². The molecule has 0 atom stereocenters. The molecule has 1 aliphatic rings. The summed E-state index contributed by atoms with van der Waals surface area (Å²) in [5, 5.41) is 5.89. The minimum Gasteiger partial charge on any atom is -0.398 e. The van der Waals surface area contributed by atoms with Gasteiger partial charge in [-0.15, -0.1) is 0 Å². The predicted molar refractivity (Wildman–Crippen MR) is 77.9 cm³/mol. The summed E-state index contributed by atoms with van der Waals surface area (Å²) >= 11 is 0. The summed E-state index contributed by atoms with van der Waals surface area (Å²) in [4.78, 5) is 15.1. The van der Waals surface area contributed by atoms with Gasteiger partial charge in [0.05, 0.1) is 12.1 Å². The van der Waals surface area contributed by atoms with Crippen molar-refractivity contribution in [2.45, 2.75) is 24.9 Å². The molecule has 0 saturated heterocycles. The number of urea groups is 1. The van der Waals surface area contributed by atoms with Gasteiger partial charge in [0.15, 0.2) is 0 Å². The van der Waals surface area contributed by atoms with Gasteiger partial charge in [0.25, 0.3) is 0 Å². The first-order valence-corrected chi connectivity index (χ1v) is 6.73. The minimum absolute atomic E-state index is 0.166. The number of anilines is 1. The van der Waals surface area contributed by atoms with Crippen molar-refractivity contribution in [3.8, 4) is 0 Å². The van der Waals surface area contributed by atoms with Crippen LogP contribution in [-0.2, 0) is 12.1 Å². The highest BCUT2D eigenvalue weighted by Crippen LogP contribution is 2.47. The zero-order chi connectivity index (χ0) is 14.0. The number of carbonyl (C=O) groups excluding carboxylic acids is 1. The molecule has 20 heavy (non-hydrogen) atoms. The average molecular weight is 270 g/mol. The molecule has 5 nitrogen and oxygen atoms in total.